The van der Waals surface area contributed by atoms with Crippen molar-refractivity contribution in [1.29, 1.82) is 0 Å². The maximum Gasteiger partial charge on any atom is 0.253 e. The van der Waals surface area contributed by atoms with Crippen LogP contribution in [-0.4, -0.2) is 43.6 Å². The van der Waals surface area contributed by atoms with Gasteiger partial charge in [-0.25, -0.2) is 0 Å². The highest BCUT2D eigenvalue weighted by Gasteiger charge is 2.34. The lowest BCUT2D eigenvalue weighted by atomic mass is 9.93. The Bertz CT molecular complexity index is 521. The van der Waals surface area contributed by atoms with Gasteiger partial charge in [-0.2, -0.15) is 0 Å². The van der Waals surface area contributed by atoms with Crippen LogP contribution in [0, 0.1) is 5.92 Å². The fourth-order valence-corrected chi connectivity index (χ4v) is 3.75. The first-order valence-electron chi connectivity index (χ1n) is 7.05. The third-order valence-electron chi connectivity index (χ3n) is 4.34. The molecule has 1 aromatic carbocycles. The van der Waals surface area contributed by atoms with E-state index in [4.69, 9.17) is 4.74 Å². The predicted molar refractivity (Wildman–Crippen MR) is 81.1 cm³/mol. The van der Waals surface area contributed by atoms with Gasteiger partial charge in [-0.05, 0) is 59.4 Å². The van der Waals surface area contributed by atoms with Crippen LogP contribution >= 0.6 is 15.9 Å². The highest BCUT2D eigenvalue weighted by molar-refractivity contribution is 9.10. The van der Waals surface area contributed by atoms with Crippen molar-refractivity contribution >= 4 is 21.8 Å². The lowest BCUT2D eigenvalue weighted by molar-refractivity contribution is 0.0662. The number of benzene rings is 1. The average Bonchev–Trinajstić information content (AvgIpc) is 2.93. The van der Waals surface area contributed by atoms with E-state index in [-0.39, 0.29) is 5.91 Å². The molecule has 1 N–H and O–H groups in total. The Morgan fingerprint density at radius 2 is 2.30 bits per heavy atom. The lowest BCUT2D eigenvalue weighted by Crippen LogP contribution is -2.46. The third kappa shape index (κ3) is 2.56. The molecule has 0 radical (unpaired) electrons. The number of methoxy groups -OCH3 is 1. The molecule has 0 saturated carbocycles. The van der Waals surface area contributed by atoms with E-state index >= 15 is 0 Å². The Kier molecular flexibility index (Phi) is 3.98. The topological polar surface area (TPSA) is 41.6 Å². The van der Waals surface area contributed by atoms with Crippen molar-refractivity contribution in [2.75, 3.05) is 26.7 Å². The number of halogens is 1. The first-order valence-corrected chi connectivity index (χ1v) is 7.84. The fourth-order valence-electron chi connectivity index (χ4n) is 3.21. The van der Waals surface area contributed by atoms with Crippen LogP contribution < -0.4 is 10.1 Å². The number of piperidine rings is 1. The molecule has 2 unspecified atom stereocenters. The minimum atomic E-state index is 0.124. The maximum atomic E-state index is 12.6. The van der Waals surface area contributed by atoms with Crippen molar-refractivity contribution < 1.29 is 9.53 Å². The number of nitrogens with one attached hydrogen (secondary N) is 1. The van der Waals surface area contributed by atoms with E-state index < -0.39 is 0 Å². The second kappa shape index (κ2) is 5.74. The molecule has 20 heavy (non-hydrogen) atoms. The van der Waals surface area contributed by atoms with Crippen LogP contribution in [-0.2, 0) is 0 Å². The van der Waals surface area contributed by atoms with Crippen LogP contribution in [0.4, 0.5) is 0 Å². The normalized spacial score (nSPS) is 25.4. The highest BCUT2D eigenvalue weighted by atomic mass is 79.9. The number of amides is 1. The Balaban J connectivity index is 1.74. The Hall–Kier alpha value is -1.07. The first-order chi connectivity index (χ1) is 9.69. The molecule has 5 heteroatoms. The molecule has 1 aromatic rings. The average molecular weight is 339 g/mol. The molecular weight excluding hydrogens is 320 g/mol. The number of fused-ring (bicyclic) bond motifs is 1. The van der Waals surface area contributed by atoms with Crippen molar-refractivity contribution in [2.24, 2.45) is 5.92 Å². The second-order valence-electron chi connectivity index (χ2n) is 5.50. The number of carbonyl (C=O) groups is 1. The number of rotatable bonds is 2. The molecular formula is C15H19BrN2O2. The fraction of sp³-hybridized carbons (Fsp3) is 0.533. The van der Waals surface area contributed by atoms with Gasteiger partial charge in [0.2, 0.25) is 0 Å². The summed E-state index contributed by atoms with van der Waals surface area (Å²) in [5, 5.41) is 3.52. The zero-order chi connectivity index (χ0) is 14.1. The van der Waals surface area contributed by atoms with Crippen molar-refractivity contribution in [3.05, 3.63) is 28.2 Å². The van der Waals surface area contributed by atoms with Crippen LogP contribution in [0.1, 0.15) is 23.2 Å². The van der Waals surface area contributed by atoms with Crippen LogP contribution in [0.5, 0.6) is 5.75 Å². The summed E-state index contributed by atoms with van der Waals surface area (Å²) >= 11 is 3.44. The van der Waals surface area contributed by atoms with Gasteiger partial charge in [0.25, 0.3) is 5.91 Å². The number of likely N-dealkylation sites (tertiary alicyclic amines) is 1. The number of carbonyl (C=O) groups excluding carboxylic acids is 1. The summed E-state index contributed by atoms with van der Waals surface area (Å²) in [5.41, 5.74) is 0.724. The number of hydrogen-bond donors (Lipinski definition) is 1. The van der Waals surface area contributed by atoms with Gasteiger partial charge in [0.05, 0.1) is 11.6 Å². The Morgan fingerprint density at radius 3 is 3.05 bits per heavy atom. The van der Waals surface area contributed by atoms with Gasteiger partial charge >= 0.3 is 0 Å². The van der Waals surface area contributed by atoms with Crippen molar-refractivity contribution in [3.63, 3.8) is 0 Å². The summed E-state index contributed by atoms with van der Waals surface area (Å²) < 4.78 is 6.02. The summed E-state index contributed by atoms with van der Waals surface area (Å²) in [7, 11) is 1.62. The van der Waals surface area contributed by atoms with E-state index in [2.05, 4.69) is 21.2 Å². The molecule has 2 aliphatic rings. The second-order valence-corrected chi connectivity index (χ2v) is 6.35. The molecule has 0 aromatic heterocycles. The molecule has 2 heterocycles. The smallest absolute Gasteiger partial charge is 0.253 e. The lowest BCUT2D eigenvalue weighted by Gasteiger charge is -2.35. The quantitative estimate of drug-likeness (QED) is 0.899. The summed E-state index contributed by atoms with van der Waals surface area (Å²) in [6, 6.07) is 6.13. The summed E-state index contributed by atoms with van der Waals surface area (Å²) in [5.74, 6) is 1.49. The largest absolute Gasteiger partial charge is 0.496 e. The minimum Gasteiger partial charge on any atom is -0.496 e. The van der Waals surface area contributed by atoms with Gasteiger partial charge in [-0.1, -0.05) is 0 Å². The van der Waals surface area contributed by atoms with Crippen molar-refractivity contribution in [2.45, 2.75) is 18.9 Å². The van der Waals surface area contributed by atoms with E-state index in [0.717, 1.165) is 41.8 Å². The zero-order valence-corrected chi connectivity index (χ0v) is 13.1. The molecule has 2 fully saturated rings. The van der Waals surface area contributed by atoms with Gasteiger partial charge in [0.15, 0.2) is 0 Å². The molecule has 0 aliphatic carbocycles. The SMILES string of the molecule is COc1ccc(C(=O)N2CCC3NCCC3C2)cc1Br. The molecule has 0 bridgehead atoms. The first kappa shape index (κ1) is 13.9. The molecule has 2 saturated heterocycles. The molecule has 3 rings (SSSR count). The van der Waals surface area contributed by atoms with E-state index in [9.17, 15) is 4.79 Å². The van der Waals surface area contributed by atoms with E-state index in [0.29, 0.717) is 12.0 Å². The van der Waals surface area contributed by atoms with Crippen molar-refractivity contribution in [1.82, 2.24) is 10.2 Å². The molecule has 4 nitrogen and oxygen atoms in total. The van der Waals surface area contributed by atoms with E-state index in [1.807, 2.05) is 23.1 Å². The number of ether oxygens (including phenoxy) is 1. The molecule has 2 aliphatic heterocycles. The van der Waals surface area contributed by atoms with Crippen LogP contribution in [0.15, 0.2) is 22.7 Å². The number of hydrogen-bond acceptors (Lipinski definition) is 3. The van der Waals surface area contributed by atoms with Crippen LogP contribution in [0.2, 0.25) is 0 Å². The predicted octanol–water partition coefficient (Wildman–Crippen LogP) is 2.28. The standard InChI is InChI=1S/C15H19BrN2O2/c1-20-14-3-2-10(8-12(14)16)15(19)18-7-5-13-11(9-18)4-6-17-13/h2-3,8,11,13,17H,4-7,9H2,1H3. The highest BCUT2D eigenvalue weighted by Crippen LogP contribution is 2.28. The van der Waals surface area contributed by atoms with Gasteiger partial charge in [0, 0.05) is 24.7 Å². The van der Waals surface area contributed by atoms with Gasteiger partial charge < -0.3 is 15.0 Å². The monoisotopic (exact) mass is 338 g/mol. The zero-order valence-electron chi connectivity index (χ0n) is 11.6. The van der Waals surface area contributed by atoms with Gasteiger partial charge in [-0.3, -0.25) is 4.79 Å². The van der Waals surface area contributed by atoms with Crippen LogP contribution in [0.25, 0.3) is 0 Å². The summed E-state index contributed by atoms with van der Waals surface area (Å²) in [6.45, 7) is 2.81. The van der Waals surface area contributed by atoms with Crippen LogP contribution in [0.3, 0.4) is 0 Å². The molecule has 1 amide bonds. The van der Waals surface area contributed by atoms with E-state index in [1.165, 1.54) is 6.42 Å². The Morgan fingerprint density at radius 1 is 1.45 bits per heavy atom. The summed E-state index contributed by atoms with van der Waals surface area (Å²) in [4.78, 5) is 14.6. The maximum absolute atomic E-state index is 12.6. The van der Waals surface area contributed by atoms with Gasteiger partial charge in [0.1, 0.15) is 5.75 Å². The van der Waals surface area contributed by atoms with Gasteiger partial charge in [-0.15, -0.1) is 0 Å². The molecule has 0 spiro atoms. The van der Waals surface area contributed by atoms with E-state index in [1.54, 1.807) is 7.11 Å². The van der Waals surface area contributed by atoms with Crippen molar-refractivity contribution in [3.8, 4) is 5.75 Å². The molecule has 108 valence electrons. The minimum absolute atomic E-state index is 0.124. The Labute approximate surface area is 127 Å². The third-order valence-corrected chi connectivity index (χ3v) is 4.96. The summed E-state index contributed by atoms with van der Waals surface area (Å²) in [6.07, 6.45) is 2.24. The molecule has 2 atom stereocenters. The number of nitrogens with zero attached hydrogens (tertiary/aromatic N) is 1.